The Morgan fingerprint density at radius 1 is 1.05 bits per heavy atom. The summed E-state index contributed by atoms with van der Waals surface area (Å²) in [5.41, 5.74) is 2.77. The standard InChI is InChI=1S/C18H15FO/c1-20-14-4-7-16-5-2-3-6-17(16)11-8-15-9-12-18(19)13-10-15/h2-7,9-10,12-13H,14H2,1H3/b7-4+. The van der Waals surface area contributed by atoms with Crippen molar-refractivity contribution in [2.24, 2.45) is 0 Å². The Kier molecular flexibility index (Phi) is 5.11. The molecule has 0 amide bonds. The second-order valence-electron chi connectivity index (χ2n) is 4.20. The molecule has 2 rings (SSSR count). The lowest BCUT2D eigenvalue weighted by Crippen LogP contribution is -1.84. The summed E-state index contributed by atoms with van der Waals surface area (Å²) in [5, 5.41) is 0. The minimum absolute atomic E-state index is 0.251. The summed E-state index contributed by atoms with van der Waals surface area (Å²) in [5.74, 6) is 5.90. The third-order valence-corrected chi connectivity index (χ3v) is 2.71. The van der Waals surface area contributed by atoms with Crippen molar-refractivity contribution in [1.82, 2.24) is 0 Å². The highest BCUT2D eigenvalue weighted by Gasteiger charge is 1.94. The zero-order valence-electron chi connectivity index (χ0n) is 11.3. The van der Waals surface area contributed by atoms with Gasteiger partial charge >= 0.3 is 0 Å². The van der Waals surface area contributed by atoms with Crippen molar-refractivity contribution in [3.63, 3.8) is 0 Å². The van der Waals surface area contributed by atoms with Crippen LogP contribution in [0.4, 0.5) is 4.39 Å². The molecule has 2 heteroatoms. The molecule has 0 saturated heterocycles. The molecule has 2 aromatic rings. The van der Waals surface area contributed by atoms with Crippen LogP contribution in [0.25, 0.3) is 6.08 Å². The van der Waals surface area contributed by atoms with Crippen LogP contribution < -0.4 is 0 Å². The van der Waals surface area contributed by atoms with Gasteiger partial charge in [-0.15, -0.1) is 0 Å². The van der Waals surface area contributed by atoms with Gasteiger partial charge < -0.3 is 4.74 Å². The Balaban J connectivity index is 2.23. The lowest BCUT2D eigenvalue weighted by atomic mass is 10.1. The van der Waals surface area contributed by atoms with Crippen LogP contribution >= 0.6 is 0 Å². The summed E-state index contributed by atoms with van der Waals surface area (Å²) in [7, 11) is 1.66. The summed E-state index contributed by atoms with van der Waals surface area (Å²) in [6, 6.07) is 14.0. The molecule has 0 atom stereocenters. The lowest BCUT2D eigenvalue weighted by Gasteiger charge is -1.98. The first-order valence-electron chi connectivity index (χ1n) is 6.31. The van der Waals surface area contributed by atoms with E-state index in [2.05, 4.69) is 11.8 Å². The van der Waals surface area contributed by atoms with Gasteiger partial charge in [0.2, 0.25) is 0 Å². The minimum Gasteiger partial charge on any atom is -0.381 e. The molecule has 100 valence electrons. The molecule has 0 fully saturated rings. The number of methoxy groups -OCH3 is 1. The van der Waals surface area contributed by atoms with Crippen LogP contribution in [0.5, 0.6) is 0 Å². The molecule has 0 heterocycles. The molecule has 20 heavy (non-hydrogen) atoms. The fourth-order valence-corrected chi connectivity index (χ4v) is 1.70. The first kappa shape index (κ1) is 14.0. The van der Waals surface area contributed by atoms with Gasteiger partial charge in [0, 0.05) is 18.2 Å². The van der Waals surface area contributed by atoms with Gasteiger partial charge in [0.25, 0.3) is 0 Å². The van der Waals surface area contributed by atoms with Crippen molar-refractivity contribution in [3.8, 4) is 11.8 Å². The lowest BCUT2D eigenvalue weighted by molar-refractivity contribution is 0.234. The molecule has 2 aromatic carbocycles. The fraction of sp³-hybridized carbons (Fsp3) is 0.111. The third kappa shape index (κ3) is 4.08. The molecule has 0 saturated carbocycles. The zero-order valence-corrected chi connectivity index (χ0v) is 11.3. The largest absolute Gasteiger partial charge is 0.381 e. The molecule has 0 bridgehead atoms. The Morgan fingerprint density at radius 2 is 1.80 bits per heavy atom. The molecule has 0 aliphatic rings. The molecule has 1 nitrogen and oxygen atoms in total. The predicted octanol–water partition coefficient (Wildman–Crippen LogP) is 3.89. The van der Waals surface area contributed by atoms with E-state index in [1.165, 1.54) is 12.1 Å². The van der Waals surface area contributed by atoms with Gasteiger partial charge in [-0.2, -0.15) is 0 Å². The van der Waals surface area contributed by atoms with Crippen molar-refractivity contribution in [1.29, 1.82) is 0 Å². The Hall–Kier alpha value is -2.37. The molecule has 0 N–H and O–H groups in total. The van der Waals surface area contributed by atoms with Gasteiger partial charge in [0.05, 0.1) is 6.61 Å². The van der Waals surface area contributed by atoms with E-state index < -0.39 is 0 Å². The molecular weight excluding hydrogens is 251 g/mol. The second-order valence-corrected chi connectivity index (χ2v) is 4.20. The number of halogens is 1. The van der Waals surface area contributed by atoms with E-state index in [1.54, 1.807) is 19.2 Å². The average molecular weight is 266 g/mol. The Labute approximate surface area is 118 Å². The highest BCUT2D eigenvalue weighted by molar-refractivity contribution is 5.60. The van der Waals surface area contributed by atoms with Gasteiger partial charge in [0.15, 0.2) is 0 Å². The maximum Gasteiger partial charge on any atom is 0.123 e. The van der Waals surface area contributed by atoms with Crippen LogP contribution in [0.3, 0.4) is 0 Å². The molecule has 0 aliphatic heterocycles. The molecule has 0 spiro atoms. The van der Waals surface area contributed by atoms with Crippen molar-refractivity contribution < 1.29 is 9.13 Å². The molecule has 0 aromatic heterocycles. The van der Waals surface area contributed by atoms with Crippen molar-refractivity contribution in [2.75, 3.05) is 13.7 Å². The summed E-state index contributed by atoms with van der Waals surface area (Å²) >= 11 is 0. The summed E-state index contributed by atoms with van der Waals surface area (Å²) in [4.78, 5) is 0. The quantitative estimate of drug-likeness (QED) is 0.766. The number of rotatable bonds is 3. The average Bonchev–Trinajstić information content (AvgIpc) is 2.48. The SMILES string of the molecule is COC/C=C/c1ccccc1C#Cc1ccc(F)cc1. The molecule has 0 unspecified atom stereocenters. The smallest absolute Gasteiger partial charge is 0.123 e. The maximum atomic E-state index is 12.8. The molecule has 0 aliphatic carbocycles. The van der Waals surface area contributed by atoms with E-state index in [0.29, 0.717) is 6.61 Å². The number of hydrogen-bond donors (Lipinski definition) is 0. The summed E-state index contributed by atoms with van der Waals surface area (Å²) in [6.45, 7) is 0.569. The predicted molar refractivity (Wildman–Crippen MR) is 79.7 cm³/mol. The van der Waals surface area contributed by atoms with E-state index in [1.807, 2.05) is 36.4 Å². The van der Waals surface area contributed by atoms with E-state index in [9.17, 15) is 4.39 Å². The van der Waals surface area contributed by atoms with Crippen LogP contribution in [0.1, 0.15) is 16.7 Å². The molecule has 0 radical (unpaired) electrons. The van der Waals surface area contributed by atoms with Crippen LogP contribution in [0.15, 0.2) is 54.6 Å². The summed E-state index contributed by atoms with van der Waals surface area (Å²) < 4.78 is 17.8. The number of ether oxygens (including phenoxy) is 1. The highest BCUT2D eigenvalue weighted by Crippen LogP contribution is 2.10. The van der Waals surface area contributed by atoms with E-state index >= 15 is 0 Å². The topological polar surface area (TPSA) is 9.23 Å². The van der Waals surface area contributed by atoms with Crippen molar-refractivity contribution >= 4 is 6.08 Å². The third-order valence-electron chi connectivity index (χ3n) is 2.71. The van der Waals surface area contributed by atoms with Crippen LogP contribution in [0, 0.1) is 17.7 Å². The number of hydrogen-bond acceptors (Lipinski definition) is 1. The zero-order chi connectivity index (χ0) is 14.2. The van der Waals surface area contributed by atoms with Crippen LogP contribution in [0.2, 0.25) is 0 Å². The van der Waals surface area contributed by atoms with Crippen LogP contribution in [-0.2, 0) is 4.74 Å². The first-order chi connectivity index (χ1) is 9.79. The normalized spacial score (nSPS) is 10.3. The van der Waals surface area contributed by atoms with Gasteiger partial charge in [-0.3, -0.25) is 0 Å². The van der Waals surface area contributed by atoms with Gasteiger partial charge in [-0.05, 0) is 35.9 Å². The fourth-order valence-electron chi connectivity index (χ4n) is 1.70. The second kappa shape index (κ2) is 7.28. The molecular formula is C18H15FO. The van der Waals surface area contributed by atoms with Gasteiger partial charge in [0.1, 0.15) is 5.82 Å². The summed E-state index contributed by atoms with van der Waals surface area (Å²) in [6.07, 6.45) is 3.93. The maximum absolute atomic E-state index is 12.8. The van der Waals surface area contributed by atoms with Crippen molar-refractivity contribution in [2.45, 2.75) is 0 Å². The van der Waals surface area contributed by atoms with Crippen LogP contribution in [-0.4, -0.2) is 13.7 Å². The van der Waals surface area contributed by atoms with E-state index in [-0.39, 0.29) is 5.82 Å². The van der Waals surface area contributed by atoms with Gasteiger partial charge in [-0.25, -0.2) is 4.39 Å². The minimum atomic E-state index is -0.251. The van der Waals surface area contributed by atoms with E-state index in [0.717, 1.165) is 16.7 Å². The highest BCUT2D eigenvalue weighted by atomic mass is 19.1. The monoisotopic (exact) mass is 266 g/mol. The van der Waals surface area contributed by atoms with Gasteiger partial charge in [-0.1, -0.05) is 42.2 Å². The Bertz CT molecular complexity index is 645. The van der Waals surface area contributed by atoms with E-state index in [4.69, 9.17) is 4.74 Å². The number of benzene rings is 2. The van der Waals surface area contributed by atoms with Crippen molar-refractivity contribution in [3.05, 3.63) is 77.1 Å². The first-order valence-corrected chi connectivity index (χ1v) is 6.31. The Morgan fingerprint density at radius 3 is 2.55 bits per heavy atom.